The summed E-state index contributed by atoms with van der Waals surface area (Å²) < 4.78 is 5.80. The molecule has 0 spiro atoms. The van der Waals surface area contributed by atoms with Crippen molar-refractivity contribution in [2.75, 3.05) is 0 Å². The predicted molar refractivity (Wildman–Crippen MR) is 69.6 cm³/mol. The van der Waals surface area contributed by atoms with Gasteiger partial charge in [0.1, 0.15) is 23.5 Å². The Balaban J connectivity index is 2.87. The number of nitrogens with zero attached hydrogens (tertiary/aromatic N) is 2. The van der Waals surface area contributed by atoms with Crippen LogP contribution in [0.1, 0.15) is 5.56 Å². The van der Waals surface area contributed by atoms with E-state index in [0.717, 1.165) is 11.3 Å². The van der Waals surface area contributed by atoms with Gasteiger partial charge in [-0.2, -0.15) is 10.5 Å². The van der Waals surface area contributed by atoms with Gasteiger partial charge < -0.3 is 4.43 Å². The van der Waals surface area contributed by atoms with Gasteiger partial charge in [-0.25, -0.2) is 0 Å². The lowest BCUT2D eigenvalue weighted by Crippen LogP contribution is -2.29. The minimum absolute atomic E-state index is 0.101. The molecule has 0 fully saturated rings. The van der Waals surface area contributed by atoms with Crippen LogP contribution in [0.4, 0.5) is 0 Å². The van der Waals surface area contributed by atoms with Crippen LogP contribution in [0.15, 0.2) is 29.8 Å². The summed E-state index contributed by atoms with van der Waals surface area (Å²) in [6, 6.07) is 11.0. The molecule has 0 saturated carbocycles. The Kier molecular flexibility index (Phi) is 4.09. The molecule has 0 aromatic heterocycles. The molecule has 0 radical (unpaired) electrons. The summed E-state index contributed by atoms with van der Waals surface area (Å²) in [6.45, 7) is 6.35. The summed E-state index contributed by atoms with van der Waals surface area (Å²) >= 11 is 0. The van der Waals surface area contributed by atoms with Crippen LogP contribution < -0.4 is 4.43 Å². The molecule has 0 heterocycles. The Morgan fingerprint density at radius 1 is 1.12 bits per heavy atom. The Morgan fingerprint density at radius 2 is 1.65 bits per heavy atom. The third kappa shape index (κ3) is 4.54. The first-order chi connectivity index (χ1) is 7.94. The third-order valence-corrected chi connectivity index (χ3v) is 2.70. The second kappa shape index (κ2) is 5.34. The van der Waals surface area contributed by atoms with E-state index >= 15 is 0 Å². The SMILES string of the molecule is C[Si](C)(C)Oc1ccc(C=C(C#N)C#N)cc1. The van der Waals surface area contributed by atoms with Crippen molar-refractivity contribution in [3.05, 3.63) is 35.4 Å². The summed E-state index contributed by atoms with van der Waals surface area (Å²) in [4.78, 5) is 0. The first kappa shape index (κ1) is 13.0. The van der Waals surface area contributed by atoms with Gasteiger partial charge in [-0.1, -0.05) is 12.1 Å². The Hall–Kier alpha value is -2.04. The fourth-order valence-electron chi connectivity index (χ4n) is 1.24. The van der Waals surface area contributed by atoms with Crippen LogP contribution in [-0.2, 0) is 0 Å². The zero-order valence-corrected chi connectivity index (χ0v) is 11.2. The van der Waals surface area contributed by atoms with Crippen molar-refractivity contribution in [1.82, 2.24) is 0 Å². The lowest BCUT2D eigenvalue weighted by Gasteiger charge is -2.18. The molecule has 0 bridgehead atoms. The Bertz CT molecular complexity index is 482. The summed E-state index contributed by atoms with van der Waals surface area (Å²) in [7, 11) is -1.58. The molecule has 1 aromatic carbocycles. The van der Waals surface area contributed by atoms with Crippen LogP contribution in [0.3, 0.4) is 0 Å². The molecule has 3 nitrogen and oxygen atoms in total. The zero-order chi connectivity index (χ0) is 12.9. The highest BCUT2D eigenvalue weighted by Gasteiger charge is 2.15. The van der Waals surface area contributed by atoms with E-state index < -0.39 is 8.32 Å². The Morgan fingerprint density at radius 3 is 2.06 bits per heavy atom. The van der Waals surface area contributed by atoms with Crippen molar-refractivity contribution < 1.29 is 4.43 Å². The highest BCUT2D eigenvalue weighted by atomic mass is 28.4. The molecule has 0 aliphatic heterocycles. The van der Waals surface area contributed by atoms with Crippen molar-refractivity contribution >= 4 is 14.4 Å². The van der Waals surface area contributed by atoms with Gasteiger partial charge in [-0.05, 0) is 43.4 Å². The molecule has 0 amide bonds. The zero-order valence-electron chi connectivity index (χ0n) is 10.2. The van der Waals surface area contributed by atoms with Crippen LogP contribution in [0.25, 0.3) is 6.08 Å². The first-order valence-electron chi connectivity index (χ1n) is 5.25. The maximum absolute atomic E-state index is 8.63. The molecule has 0 N–H and O–H groups in total. The molecule has 0 unspecified atom stereocenters. The second-order valence-electron chi connectivity index (χ2n) is 4.57. The molecule has 0 aliphatic rings. The van der Waals surface area contributed by atoms with E-state index in [1.807, 2.05) is 36.4 Å². The molecule has 0 saturated heterocycles. The second-order valence-corrected chi connectivity index (χ2v) is 8.99. The van der Waals surface area contributed by atoms with E-state index in [4.69, 9.17) is 14.9 Å². The van der Waals surface area contributed by atoms with Gasteiger partial charge in [0.05, 0.1) is 0 Å². The molecule has 0 atom stereocenters. The number of hydrogen-bond donors (Lipinski definition) is 0. The van der Waals surface area contributed by atoms with Crippen molar-refractivity contribution in [2.24, 2.45) is 0 Å². The van der Waals surface area contributed by atoms with E-state index in [-0.39, 0.29) is 5.57 Å². The minimum Gasteiger partial charge on any atom is -0.544 e. The topological polar surface area (TPSA) is 56.8 Å². The summed E-state index contributed by atoms with van der Waals surface area (Å²) in [5.74, 6) is 0.830. The number of nitriles is 2. The quantitative estimate of drug-likeness (QED) is 0.603. The maximum Gasteiger partial charge on any atom is 0.242 e. The van der Waals surface area contributed by atoms with Crippen LogP contribution >= 0.6 is 0 Å². The highest BCUT2D eigenvalue weighted by Crippen LogP contribution is 2.18. The van der Waals surface area contributed by atoms with E-state index in [9.17, 15) is 0 Å². The Labute approximate surface area is 103 Å². The minimum atomic E-state index is -1.58. The van der Waals surface area contributed by atoms with Gasteiger partial charge in [-0.15, -0.1) is 0 Å². The smallest absolute Gasteiger partial charge is 0.242 e. The van der Waals surface area contributed by atoms with Crippen molar-refractivity contribution in [3.8, 4) is 17.9 Å². The lowest BCUT2D eigenvalue weighted by molar-refractivity contribution is 0.557. The molecular weight excluding hydrogens is 228 g/mol. The van der Waals surface area contributed by atoms with E-state index in [1.165, 1.54) is 0 Å². The molecule has 4 heteroatoms. The summed E-state index contributed by atoms with van der Waals surface area (Å²) in [5, 5.41) is 17.3. The molecule has 0 aliphatic carbocycles. The van der Waals surface area contributed by atoms with E-state index in [0.29, 0.717) is 0 Å². The van der Waals surface area contributed by atoms with Crippen LogP contribution in [0.5, 0.6) is 5.75 Å². The monoisotopic (exact) mass is 242 g/mol. The van der Waals surface area contributed by atoms with Crippen molar-refractivity contribution in [2.45, 2.75) is 19.6 Å². The van der Waals surface area contributed by atoms with Crippen LogP contribution in [0.2, 0.25) is 19.6 Å². The molecular formula is C13H14N2OSi. The van der Waals surface area contributed by atoms with Gasteiger partial charge in [0, 0.05) is 0 Å². The molecule has 17 heavy (non-hydrogen) atoms. The standard InChI is InChI=1S/C13H14N2OSi/c1-17(2,3)16-13-6-4-11(5-7-13)8-12(9-14)10-15/h4-8H,1-3H3. The van der Waals surface area contributed by atoms with Crippen molar-refractivity contribution in [3.63, 3.8) is 0 Å². The van der Waals surface area contributed by atoms with Crippen molar-refractivity contribution in [1.29, 1.82) is 10.5 Å². The third-order valence-electron chi connectivity index (χ3n) is 1.86. The normalized spacial score (nSPS) is 9.94. The maximum atomic E-state index is 8.63. The first-order valence-corrected chi connectivity index (χ1v) is 8.66. The highest BCUT2D eigenvalue weighted by molar-refractivity contribution is 6.70. The average molecular weight is 242 g/mol. The molecule has 86 valence electrons. The summed E-state index contributed by atoms with van der Waals surface area (Å²) in [6.07, 6.45) is 1.55. The number of hydrogen-bond acceptors (Lipinski definition) is 3. The lowest BCUT2D eigenvalue weighted by atomic mass is 10.1. The van der Waals surface area contributed by atoms with Crippen LogP contribution in [-0.4, -0.2) is 8.32 Å². The van der Waals surface area contributed by atoms with Gasteiger partial charge in [0.15, 0.2) is 0 Å². The van der Waals surface area contributed by atoms with Gasteiger partial charge >= 0.3 is 0 Å². The fourth-order valence-corrected chi connectivity index (χ4v) is 2.09. The average Bonchev–Trinajstić information content (AvgIpc) is 2.26. The van der Waals surface area contributed by atoms with Crippen LogP contribution in [0, 0.1) is 22.7 Å². The summed E-state index contributed by atoms with van der Waals surface area (Å²) in [5.41, 5.74) is 0.926. The van der Waals surface area contributed by atoms with E-state index in [2.05, 4.69) is 19.6 Å². The van der Waals surface area contributed by atoms with E-state index in [1.54, 1.807) is 6.08 Å². The van der Waals surface area contributed by atoms with Gasteiger partial charge in [-0.3, -0.25) is 0 Å². The molecule has 1 aromatic rings. The number of benzene rings is 1. The number of allylic oxidation sites excluding steroid dienone is 1. The largest absolute Gasteiger partial charge is 0.544 e. The van der Waals surface area contributed by atoms with Gasteiger partial charge in [0.2, 0.25) is 8.32 Å². The number of rotatable bonds is 3. The fraction of sp³-hybridized carbons (Fsp3) is 0.231. The molecule has 1 rings (SSSR count). The predicted octanol–water partition coefficient (Wildman–Crippen LogP) is 3.33. The van der Waals surface area contributed by atoms with Gasteiger partial charge in [0.25, 0.3) is 0 Å².